The number of carbonyl (C=O) groups excluding carboxylic acids is 2. The van der Waals surface area contributed by atoms with E-state index >= 15 is 0 Å². The molecule has 1 atom stereocenters. The molecule has 2 aromatic rings. The lowest BCUT2D eigenvalue weighted by molar-refractivity contribution is -0.116. The number of carbonyl (C=O) groups is 2. The molecule has 27 heavy (non-hydrogen) atoms. The highest BCUT2D eigenvalue weighted by Gasteiger charge is 2.36. The number of hydrogen-bond donors (Lipinski definition) is 2. The van der Waals surface area contributed by atoms with Gasteiger partial charge < -0.3 is 15.2 Å². The molecule has 1 aliphatic rings. The molecule has 1 saturated heterocycles. The summed E-state index contributed by atoms with van der Waals surface area (Å²) >= 11 is 0. The number of nitrogens with one attached hydrogen (secondary N) is 2. The van der Waals surface area contributed by atoms with E-state index in [1.165, 1.54) is 4.90 Å². The van der Waals surface area contributed by atoms with Crippen molar-refractivity contribution < 1.29 is 18.0 Å². The van der Waals surface area contributed by atoms with Crippen LogP contribution in [0.4, 0.5) is 5.69 Å². The van der Waals surface area contributed by atoms with Gasteiger partial charge in [0, 0.05) is 31.4 Å². The third kappa shape index (κ3) is 4.57. The maximum Gasteiger partial charge on any atom is 0.270 e. The van der Waals surface area contributed by atoms with Gasteiger partial charge in [-0.25, -0.2) is 8.42 Å². The summed E-state index contributed by atoms with van der Waals surface area (Å²) < 4.78 is 24.8. The predicted octanol–water partition coefficient (Wildman–Crippen LogP) is 1.90. The molecule has 1 aromatic carbocycles. The predicted molar refractivity (Wildman–Crippen MR) is 103 cm³/mol. The molecule has 2 amide bonds. The highest BCUT2D eigenvalue weighted by atomic mass is 32.2. The summed E-state index contributed by atoms with van der Waals surface area (Å²) in [5.74, 6) is -0.765. The molecule has 0 unspecified atom stereocenters. The monoisotopic (exact) mass is 389 g/mol. The summed E-state index contributed by atoms with van der Waals surface area (Å²) in [5.41, 5.74) is 3.08. The van der Waals surface area contributed by atoms with Gasteiger partial charge in [0.1, 0.15) is 5.69 Å². The van der Waals surface area contributed by atoms with Gasteiger partial charge in [-0.05, 0) is 49.2 Å². The number of benzene rings is 1. The first-order chi connectivity index (χ1) is 12.7. The third-order valence-corrected chi connectivity index (χ3v) is 6.69. The quantitative estimate of drug-likeness (QED) is 0.834. The van der Waals surface area contributed by atoms with E-state index in [4.69, 9.17) is 0 Å². The molecule has 144 valence electrons. The molecule has 3 rings (SSSR count). The zero-order chi connectivity index (χ0) is 19.6. The lowest BCUT2D eigenvalue weighted by Crippen LogP contribution is -2.50. The van der Waals surface area contributed by atoms with Crippen molar-refractivity contribution in [2.75, 3.05) is 24.2 Å². The Bertz CT molecular complexity index is 931. The smallest absolute Gasteiger partial charge is 0.270 e. The molecular formula is C19H23N3O4S. The average Bonchev–Trinajstić information content (AvgIpc) is 3.09. The number of aromatic nitrogens is 1. The fourth-order valence-corrected chi connectivity index (χ4v) is 4.95. The molecule has 2 heterocycles. The van der Waals surface area contributed by atoms with Crippen LogP contribution in [0.5, 0.6) is 0 Å². The molecule has 0 spiro atoms. The summed E-state index contributed by atoms with van der Waals surface area (Å²) in [6.07, 6.45) is 1.46. The molecular weight excluding hydrogens is 366 g/mol. The minimum Gasteiger partial charge on any atom is -0.357 e. The second kappa shape index (κ2) is 7.56. The number of aryl methyl sites for hydroxylation is 2. The van der Waals surface area contributed by atoms with E-state index in [-0.39, 0.29) is 37.1 Å². The van der Waals surface area contributed by atoms with Crippen molar-refractivity contribution >= 4 is 27.3 Å². The maximum atomic E-state index is 12.5. The first-order valence-electron chi connectivity index (χ1n) is 8.77. The van der Waals surface area contributed by atoms with Crippen LogP contribution in [0.15, 0.2) is 36.5 Å². The Kier molecular flexibility index (Phi) is 5.36. The van der Waals surface area contributed by atoms with Crippen molar-refractivity contribution in [3.05, 3.63) is 53.3 Å². The SMILES string of the molecule is Cc1cc(C)cc(NC(=O)C[C@H]2CN(C(=O)c3ccc[nH]3)CCS2(=O)=O)c1. The number of H-pyrrole nitrogens is 1. The lowest BCUT2D eigenvalue weighted by atomic mass is 10.1. The largest absolute Gasteiger partial charge is 0.357 e. The lowest BCUT2D eigenvalue weighted by Gasteiger charge is -2.32. The highest BCUT2D eigenvalue weighted by Crippen LogP contribution is 2.19. The van der Waals surface area contributed by atoms with Crippen LogP contribution < -0.4 is 5.32 Å². The number of nitrogens with zero attached hydrogens (tertiary/aromatic N) is 1. The molecule has 2 N–H and O–H groups in total. The van der Waals surface area contributed by atoms with Gasteiger partial charge in [0.05, 0.1) is 11.0 Å². The van der Waals surface area contributed by atoms with Gasteiger partial charge in [-0.2, -0.15) is 0 Å². The molecule has 0 radical (unpaired) electrons. The number of aromatic amines is 1. The molecule has 0 saturated carbocycles. The Morgan fingerprint density at radius 2 is 1.93 bits per heavy atom. The van der Waals surface area contributed by atoms with E-state index in [0.29, 0.717) is 11.4 Å². The number of rotatable bonds is 4. The number of anilines is 1. The van der Waals surface area contributed by atoms with Gasteiger partial charge >= 0.3 is 0 Å². The topological polar surface area (TPSA) is 99.3 Å². The fourth-order valence-electron chi connectivity index (χ4n) is 3.33. The van der Waals surface area contributed by atoms with Crippen LogP contribution in [0.25, 0.3) is 0 Å². The van der Waals surface area contributed by atoms with E-state index in [1.54, 1.807) is 18.3 Å². The van der Waals surface area contributed by atoms with Crippen molar-refractivity contribution in [1.29, 1.82) is 0 Å². The molecule has 8 heteroatoms. The van der Waals surface area contributed by atoms with Gasteiger partial charge in [-0.1, -0.05) is 6.07 Å². The van der Waals surface area contributed by atoms with Gasteiger partial charge in [0.15, 0.2) is 9.84 Å². The van der Waals surface area contributed by atoms with Gasteiger partial charge in [-0.3, -0.25) is 9.59 Å². The Morgan fingerprint density at radius 1 is 1.22 bits per heavy atom. The third-order valence-electron chi connectivity index (χ3n) is 4.61. The first-order valence-corrected chi connectivity index (χ1v) is 10.5. The maximum absolute atomic E-state index is 12.5. The highest BCUT2D eigenvalue weighted by molar-refractivity contribution is 7.92. The zero-order valence-corrected chi connectivity index (χ0v) is 16.2. The molecule has 1 aromatic heterocycles. The van der Waals surface area contributed by atoms with Crippen LogP contribution in [0.3, 0.4) is 0 Å². The van der Waals surface area contributed by atoms with Crippen LogP contribution in [-0.4, -0.2) is 54.2 Å². The second-order valence-corrected chi connectivity index (χ2v) is 9.35. The summed E-state index contributed by atoms with van der Waals surface area (Å²) in [7, 11) is -3.43. The summed E-state index contributed by atoms with van der Waals surface area (Å²) in [5, 5.41) is 1.86. The normalized spacial score (nSPS) is 18.9. The van der Waals surface area contributed by atoms with Gasteiger partial charge in [0.2, 0.25) is 5.91 Å². The van der Waals surface area contributed by atoms with Crippen molar-refractivity contribution in [3.63, 3.8) is 0 Å². The average molecular weight is 389 g/mol. The Hall–Kier alpha value is -2.61. The fraction of sp³-hybridized carbons (Fsp3) is 0.368. The van der Waals surface area contributed by atoms with Crippen molar-refractivity contribution in [2.24, 2.45) is 0 Å². The van der Waals surface area contributed by atoms with Crippen molar-refractivity contribution in [1.82, 2.24) is 9.88 Å². The molecule has 1 aliphatic heterocycles. The van der Waals surface area contributed by atoms with Crippen molar-refractivity contribution in [3.8, 4) is 0 Å². The molecule has 0 bridgehead atoms. The van der Waals surface area contributed by atoms with Gasteiger partial charge in [0.25, 0.3) is 5.91 Å². The molecule has 1 fully saturated rings. The van der Waals surface area contributed by atoms with Crippen LogP contribution in [0, 0.1) is 13.8 Å². The van der Waals surface area contributed by atoms with E-state index < -0.39 is 15.1 Å². The van der Waals surface area contributed by atoms with E-state index in [9.17, 15) is 18.0 Å². The van der Waals surface area contributed by atoms with Crippen molar-refractivity contribution in [2.45, 2.75) is 25.5 Å². The van der Waals surface area contributed by atoms with Crippen LogP contribution in [0.2, 0.25) is 0 Å². The first kappa shape index (κ1) is 19.2. The summed E-state index contributed by atoms with van der Waals surface area (Å²) in [4.78, 5) is 29.2. The summed E-state index contributed by atoms with van der Waals surface area (Å²) in [6, 6.07) is 9.02. The standard InChI is InChI=1S/C19H23N3O4S/c1-13-8-14(2)10-15(9-13)21-18(23)11-16-12-22(6-7-27(16,25)26)19(24)17-4-3-5-20-17/h3-5,8-10,16,20H,6-7,11-12H2,1-2H3,(H,21,23)/t16-/m0/s1. The number of hydrogen-bond acceptors (Lipinski definition) is 4. The van der Waals surface area contributed by atoms with E-state index in [0.717, 1.165) is 11.1 Å². The number of amides is 2. The Balaban J connectivity index is 1.69. The molecule has 7 nitrogen and oxygen atoms in total. The Labute approximate surface area is 158 Å². The van der Waals surface area contributed by atoms with Gasteiger partial charge in [-0.15, -0.1) is 0 Å². The number of sulfone groups is 1. The zero-order valence-electron chi connectivity index (χ0n) is 15.4. The minimum atomic E-state index is -3.43. The van der Waals surface area contributed by atoms with Crippen LogP contribution in [-0.2, 0) is 14.6 Å². The summed E-state index contributed by atoms with van der Waals surface area (Å²) in [6.45, 7) is 4.01. The minimum absolute atomic E-state index is 0.0143. The Morgan fingerprint density at radius 3 is 2.56 bits per heavy atom. The van der Waals surface area contributed by atoms with E-state index in [2.05, 4.69) is 10.3 Å². The second-order valence-electron chi connectivity index (χ2n) is 6.95. The molecule has 0 aliphatic carbocycles. The van der Waals surface area contributed by atoms with E-state index in [1.807, 2.05) is 32.0 Å². The van der Waals surface area contributed by atoms with Crippen LogP contribution >= 0.6 is 0 Å². The van der Waals surface area contributed by atoms with Crippen LogP contribution in [0.1, 0.15) is 28.0 Å².